The van der Waals surface area contributed by atoms with E-state index in [1.54, 1.807) is 0 Å². The molecule has 0 radical (unpaired) electrons. The zero-order valence-electron chi connectivity index (χ0n) is 30.8. The van der Waals surface area contributed by atoms with Gasteiger partial charge in [-0.3, -0.25) is 0 Å². The van der Waals surface area contributed by atoms with Gasteiger partial charge in [0.2, 0.25) is 0 Å². The molecule has 6 aliphatic heterocycles. The Morgan fingerprint density at radius 3 is 0.849 bits per heavy atom. The van der Waals surface area contributed by atoms with Crippen molar-refractivity contribution < 1.29 is 19.5 Å². The molecule has 3 aromatic rings. The molecule has 53 heavy (non-hydrogen) atoms. The van der Waals surface area contributed by atoms with Crippen LogP contribution in [0.5, 0.6) is 0 Å². The molecule has 8 bridgehead atoms. The summed E-state index contributed by atoms with van der Waals surface area (Å²) >= 11 is 0. The quantitative estimate of drug-likeness (QED) is 0.182. The molecule has 9 heteroatoms. The Kier molecular flexibility index (Phi) is 9.13. The van der Waals surface area contributed by atoms with Crippen LogP contribution in [0.15, 0.2) is 97.7 Å². The molecule has 3 aromatic heterocycles. The molecular weight excluding hydrogens is 706 g/mol. The van der Waals surface area contributed by atoms with E-state index in [4.69, 9.17) is 9.97 Å². The van der Waals surface area contributed by atoms with Crippen LogP contribution in [0.25, 0.3) is 68.7 Å². The first-order valence-electron chi connectivity index (χ1n) is 17.9. The maximum Gasteiger partial charge on any atom is 0.0737 e. The second-order valence-corrected chi connectivity index (χ2v) is 14.2. The summed E-state index contributed by atoms with van der Waals surface area (Å²) in [5.41, 5.74) is 16.7. The van der Waals surface area contributed by atoms with E-state index in [1.807, 2.05) is 0 Å². The van der Waals surface area contributed by atoms with Crippen LogP contribution in [0, 0.1) is 0 Å². The number of H-pyrrole nitrogens is 2. The number of likely N-dealkylation sites (N-methyl/N-ethyl adjacent to an activating group) is 4. The minimum atomic E-state index is 0. The average Bonchev–Trinajstić information content (AvgIpc) is 3.99. The van der Waals surface area contributed by atoms with Gasteiger partial charge in [-0.25, -0.2) is 9.97 Å². The number of nitrogens with zero attached hydrogens (tertiary/aromatic N) is 6. The van der Waals surface area contributed by atoms with Crippen molar-refractivity contribution in [2.24, 2.45) is 0 Å². The first-order chi connectivity index (χ1) is 25.4. The fraction of sp³-hybridized carbons (Fsp3) is 0.182. The Morgan fingerprint density at radius 1 is 0.396 bits per heavy atom. The predicted molar refractivity (Wildman–Crippen MR) is 218 cm³/mol. The predicted octanol–water partition coefficient (Wildman–Crippen LogP) is 8.02. The molecule has 9 heterocycles. The molecular formula is C44H42N8Zn. The Bertz CT molecular complexity index is 2160. The molecule has 0 saturated heterocycles. The van der Waals surface area contributed by atoms with Crippen LogP contribution in [0.4, 0.5) is 0 Å². The van der Waals surface area contributed by atoms with Crippen molar-refractivity contribution in [3.63, 3.8) is 0 Å². The van der Waals surface area contributed by atoms with E-state index in [0.29, 0.717) is 0 Å². The summed E-state index contributed by atoms with van der Waals surface area (Å²) in [4.78, 5) is 27.3. The average molecular weight is 748 g/mol. The van der Waals surface area contributed by atoms with Crippen molar-refractivity contribution in [3.05, 3.63) is 143 Å². The number of allylic oxidation sites excluding steroid dienone is 8. The Labute approximate surface area is 323 Å². The number of hydrogen-bond donors (Lipinski definition) is 2. The van der Waals surface area contributed by atoms with Crippen LogP contribution in [-0.2, 0) is 19.5 Å². The zero-order valence-corrected chi connectivity index (χ0v) is 33.7. The van der Waals surface area contributed by atoms with E-state index in [-0.39, 0.29) is 19.5 Å². The Morgan fingerprint density at radius 2 is 0.642 bits per heavy atom. The number of nitrogens with one attached hydrogen (secondary N) is 2. The second-order valence-electron chi connectivity index (χ2n) is 14.2. The second kappa shape index (κ2) is 14.1. The summed E-state index contributed by atoms with van der Waals surface area (Å²) in [7, 11) is 8.39. The van der Waals surface area contributed by atoms with Gasteiger partial charge in [-0.15, -0.1) is 0 Å². The SMILES string of the molecule is CN1C=CC(c2c3nc(c(C4=CCN(C)C=C4)c4ccc([nH]4)c(C4=CCN(C)C=C4)c4nc(c(C5=CCN(C)C=C5)c5ccc2[nH]5)C=C4)C=C3)=CC1.[Zn]. The largest absolute Gasteiger partial charge is 0.377 e. The summed E-state index contributed by atoms with van der Waals surface area (Å²) in [5, 5.41) is 0. The minimum Gasteiger partial charge on any atom is -0.377 e. The summed E-state index contributed by atoms with van der Waals surface area (Å²) in [6.07, 6.45) is 35.2. The third-order valence-corrected chi connectivity index (χ3v) is 10.3. The molecule has 0 saturated carbocycles. The standard InChI is InChI=1S/C44H42N8.Zn/c1-49-21-13-29(14-22-49)41-33-5-7-35(45-33)42(30-15-23-50(2)24-16-30)37-9-11-39(47-37)44(32-19-27-52(4)28-20-32)40-12-10-38(48-40)43(36-8-6-34(41)46-36)31-17-25-51(3)26-18-31;/h5-21,23,25,27,45,48H,22,24,26,28H2,1-4H3;. The van der Waals surface area contributed by atoms with Crippen molar-refractivity contribution >= 4 is 68.7 Å². The van der Waals surface area contributed by atoms with Crippen LogP contribution >= 0.6 is 0 Å². The fourth-order valence-corrected chi connectivity index (χ4v) is 7.48. The molecule has 0 aliphatic carbocycles. The van der Waals surface area contributed by atoms with Crippen LogP contribution in [-0.4, -0.2) is 93.9 Å². The normalized spacial score (nSPS) is 17.6. The maximum atomic E-state index is 5.43. The van der Waals surface area contributed by atoms with E-state index in [9.17, 15) is 0 Å². The van der Waals surface area contributed by atoms with Gasteiger partial charge in [-0.05, 0) is 120 Å². The van der Waals surface area contributed by atoms with Crippen molar-refractivity contribution in [1.29, 1.82) is 0 Å². The van der Waals surface area contributed by atoms with Gasteiger partial charge in [0, 0.05) is 118 Å². The molecule has 0 spiro atoms. The van der Waals surface area contributed by atoms with Gasteiger partial charge < -0.3 is 29.6 Å². The molecule has 8 nitrogen and oxygen atoms in total. The molecule has 0 amide bonds. The van der Waals surface area contributed by atoms with Gasteiger partial charge in [-0.1, -0.05) is 24.3 Å². The van der Waals surface area contributed by atoms with E-state index >= 15 is 0 Å². The summed E-state index contributed by atoms with van der Waals surface area (Å²) in [5.74, 6) is 0. The number of fused-ring (bicyclic) bond motifs is 8. The Hall–Kier alpha value is -5.66. The molecule has 2 N–H and O–H groups in total. The van der Waals surface area contributed by atoms with Gasteiger partial charge >= 0.3 is 0 Å². The molecule has 9 rings (SSSR count). The summed E-state index contributed by atoms with van der Waals surface area (Å²) < 4.78 is 0. The van der Waals surface area contributed by atoms with Gasteiger partial charge in [0.25, 0.3) is 0 Å². The monoisotopic (exact) mass is 746 g/mol. The van der Waals surface area contributed by atoms with Crippen LogP contribution < -0.4 is 0 Å². The van der Waals surface area contributed by atoms with Gasteiger partial charge in [0.1, 0.15) is 0 Å². The minimum absolute atomic E-state index is 0. The maximum absolute atomic E-state index is 5.43. The molecule has 6 aliphatic rings. The third-order valence-electron chi connectivity index (χ3n) is 10.3. The van der Waals surface area contributed by atoms with Crippen LogP contribution in [0.2, 0.25) is 0 Å². The number of aromatic nitrogens is 4. The Balaban J connectivity index is 0.00000400. The van der Waals surface area contributed by atoms with Crippen molar-refractivity contribution in [3.8, 4) is 0 Å². The number of aromatic amines is 2. The van der Waals surface area contributed by atoms with Crippen molar-refractivity contribution in [2.45, 2.75) is 0 Å². The van der Waals surface area contributed by atoms with Crippen LogP contribution in [0.3, 0.4) is 0 Å². The third kappa shape index (κ3) is 6.51. The fourth-order valence-electron chi connectivity index (χ4n) is 7.48. The molecule has 0 unspecified atom stereocenters. The summed E-state index contributed by atoms with van der Waals surface area (Å²) in [6.45, 7) is 3.31. The zero-order chi connectivity index (χ0) is 35.3. The van der Waals surface area contributed by atoms with E-state index in [2.05, 4.69) is 180 Å². The van der Waals surface area contributed by atoms with Gasteiger partial charge in [-0.2, -0.15) is 0 Å². The van der Waals surface area contributed by atoms with E-state index in [0.717, 1.165) is 116 Å². The smallest absolute Gasteiger partial charge is 0.0737 e. The molecule has 0 atom stereocenters. The first kappa shape index (κ1) is 34.4. The van der Waals surface area contributed by atoms with Crippen molar-refractivity contribution in [2.75, 3.05) is 54.4 Å². The van der Waals surface area contributed by atoms with E-state index in [1.165, 1.54) is 0 Å². The van der Waals surface area contributed by atoms with E-state index < -0.39 is 0 Å². The molecule has 260 valence electrons. The topological polar surface area (TPSA) is 70.3 Å². The van der Waals surface area contributed by atoms with Crippen LogP contribution in [0.1, 0.15) is 45.0 Å². The molecule has 0 aromatic carbocycles. The number of rotatable bonds is 4. The number of hydrogen-bond acceptors (Lipinski definition) is 6. The van der Waals surface area contributed by atoms with Crippen molar-refractivity contribution in [1.82, 2.24) is 39.5 Å². The molecule has 0 fully saturated rings. The summed E-state index contributed by atoms with van der Waals surface area (Å²) in [6, 6.07) is 8.79. The van der Waals surface area contributed by atoms with Gasteiger partial charge in [0.05, 0.1) is 22.8 Å². The van der Waals surface area contributed by atoms with Gasteiger partial charge in [0.15, 0.2) is 0 Å². The first-order valence-corrected chi connectivity index (χ1v) is 17.9.